The van der Waals surface area contributed by atoms with Gasteiger partial charge in [-0.1, -0.05) is 18.5 Å². The Morgan fingerprint density at radius 1 is 1.53 bits per heavy atom. The number of benzene rings is 1. The minimum Gasteiger partial charge on any atom is -0.481 e. The highest BCUT2D eigenvalue weighted by atomic mass is 35.5. The number of carbonyl (C=O) groups is 1. The molecule has 0 saturated carbocycles. The first-order chi connectivity index (χ1) is 7.82. The van der Waals surface area contributed by atoms with Crippen molar-refractivity contribution >= 4 is 30.2 Å². The van der Waals surface area contributed by atoms with E-state index in [1.807, 2.05) is 0 Å². The number of hydrogen-bond acceptors (Lipinski definition) is 3. The zero-order valence-electron chi connectivity index (χ0n) is 9.02. The molecule has 0 heterocycles. The summed E-state index contributed by atoms with van der Waals surface area (Å²) in [6, 6.07) is 2.11. The molecule has 0 fully saturated rings. The summed E-state index contributed by atoms with van der Waals surface area (Å²) in [6.45, 7) is 1.48. The maximum absolute atomic E-state index is 13.4. The van der Waals surface area contributed by atoms with Crippen LogP contribution < -0.4 is 5.46 Å². The molecule has 0 aliphatic heterocycles. The molecule has 1 rings (SSSR count). The van der Waals surface area contributed by atoms with Crippen LogP contribution in [-0.2, 0) is 11.2 Å². The fourth-order valence-corrected chi connectivity index (χ4v) is 1.62. The lowest BCUT2D eigenvalue weighted by Gasteiger charge is -2.10. The SMILES string of the molecule is CC(Cc1cc(F)c(B(O)O)cc1Cl)C(=O)O. The number of hydrogen-bond donors (Lipinski definition) is 3. The molecular formula is C10H11BClFO4. The fraction of sp³-hybridized carbons (Fsp3) is 0.300. The van der Waals surface area contributed by atoms with Crippen molar-refractivity contribution in [2.45, 2.75) is 13.3 Å². The fourth-order valence-electron chi connectivity index (χ4n) is 1.37. The summed E-state index contributed by atoms with van der Waals surface area (Å²) in [5.41, 5.74) is -0.00908. The molecule has 1 unspecified atom stereocenters. The van der Waals surface area contributed by atoms with Crippen molar-refractivity contribution in [2.75, 3.05) is 0 Å². The van der Waals surface area contributed by atoms with Crippen LogP contribution >= 0.6 is 11.6 Å². The normalized spacial score (nSPS) is 12.3. The quantitative estimate of drug-likeness (QED) is 0.686. The van der Waals surface area contributed by atoms with Gasteiger partial charge in [0.1, 0.15) is 5.82 Å². The topological polar surface area (TPSA) is 77.8 Å². The molecule has 92 valence electrons. The first kappa shape index (κ1) is 14.0. The van der Waals surface area contributed by atoms with Gasteiger partial charge >= 0.3 is 13.1 Å². The van der Waals surface area contributed by atoms with Crippen LogP contribution in [-0.4, -0.2) is 28.2 Å². The highest BCUT2D eigenvalue weighted by Crippen LogP contribution is 2.19. The number of carboxylic acids is 1. The molecule has 0 aliphatic carbocycles. The summed E-state index contributed by atoms with van der Waals surface area (Å²) in [5.74, 6) is -2.53. The molecule has 0 spiro atoms. The predicted molar refractivity (Wildman–Crippen MR) is 61.7 cm³/mol. The number of aliphatic carboxylic acids is 1. The van der Waals surface area contributed by atoms with Crippen LogP contribution in [0.4, 0.5) is 4.39 Å². The van der Waals surface area contributed by atoms with Crippen molar-refractivity contribution in [2.24, 2.45) is 5.92 Å². The molecule has 0 amide bonds. The first-order valence-corrected chi connectivity index (χ1v) is 5.27. The van der Waals surface area contributed by atoms with Crippen LogP contribution in [0.1, 0.15) is 12.5 Å². The van der Waals surface area contributed by atoms with Crippen molar-refractivity contribution < 1.29 is 24.3 Å². The number of halogens is 2. The summed E-state index contributed by atoms with van der Waals surface area (Å²) in [5, 5.41) is 26.5. The standard InChI is InChI=1S/C10H11BClFO4/c1-5(10(14)15)2-6-3-9(13)7(11(16)17)4-8(6)12/h3-5,16-17H,2H2,1H3,(H,14,15). The Morgan fingerprint density at radius 3 is 2.59 bits per heavy atom. The maximum atomic E-state index is 13.4. The molecule has 1 atom stereocenters. The molecule has 1 aromatic rings. The van der Waals surface area contributed by atoms with Crippen LogP contribution in [0.25, 0.3) is 0 Å². The second-order valence-corrected chi connectivity index (χ2v) is 4.19. The second kappa shape index (κ2) is 5.49. The van der Waals surface area contributed by atoms with Crippen molar-refractivity contribution in [1.82, 2.24) is 0 Å². The van der Waals surface area contributed by atoms with Crippen molar-refractivity contribution in [3.8, 4) is 0 Å². The van der Waals surface area contributed by atoms with Crippen molar-refractivity contribution in [3.05, 3.63) is 28.5 Å². The number of carboxylic acid groups (broad SMARTS) is 1. The molecular weight excluding hydrogens is 249 g/mol. The molecule has 0 aliphatic rings. The Balaban J connectivity index is 3.03. The summed E-state index contributed by atoms with van der Waals surface area (Å²) in [4.78, 5) is 10.7. The van der Waals surface area contributed by atoms with Crippen molar-refractivity contribution in [3.63, 3.8) is 0 Å². The van der Waals surface area contributed by atoms with Crippen LogP contribution in [0.5, 0.6) is 0 Å². The highest BCUT2D eigenvalue weighted by Gasteiger charge is 2.20. The zero-order chi connectivity index (χ0) is 13.2. The largest absolute Gasteiger partial charge is 0.491 e. The van der Waals surface area contributed by atoms with Crippen LogP contribution in [0.3, 0.4) is 0 Å². The summed E-state index contributed by atoms with van der Waals surface area (Å²) >= 11 is 5.81. The lowest BCUT2D eigenvalue weighted by Crippen LogP contribution is -2.33. The Kier molecular flexibility index (Phi) is 4.50. The van der Waals surface area contributed by atoms with Gasteiger partial charge < -0.3 is 15.2 Å². The summed E-state index contributed by atoms with van der Waals surface area (Å²) in [7, 11) is -1.95. The van der Waals surface area contributed by atoms with Gasteiger partial charge in [-0.15, -0.1) is 0 Å². The molecule has 1 aromatic carbocycles. The van der Waals surface area contributed by atoms with Crippen LogP contribution in [0.15, 0.2) is 12.1 Å². The van der Waals surface area contributed by atoms with E-state index in [4.69, 9.17) is 26.8 Å². The Hall–Kier alpha value is -1.11. The van der Waals surface area contributed by atoms with E-state index in [2.05, 4.69) is 0 Å². The van der Waals surface area contributed by atoms with E-state index in [0.717, 1.165) is 12.1 Å². The zero-order valence-corrected chi connectivity index (χ0v) is 9.78. The number of rotatable bonds is 4. The smallest absolute Gasteiger partial charge is 0.481 e. The van der Waals surface area contributed by atoms with Gasteiger partial charge in [0.05, 0.1) is 5.92 Å². The van der Waals surface area contributed by atoms with E-state index in [1.165, 1.54) is 6.92 Å². The highest BCUT2D eigenvalue weighted by molar-refractivity contribution is 6.59. The molecule has 0 bridgehead atoms. The van der Waals surface area contributed by atoms with E-state index in [1.54, 1.807) is 0 Å². The van der Waals surface area contributed by atoms with Gasteiger partial charge in [0, 0.05) is 10.5 Å². The lowest BCUT2D eigenvalue weighted by atomic mass is 9.79. The lowest BCUT2D eigenvalue weighted by molar-refractivity contribution is -0.141. The van der Waals surface area contributed by atoms with Crippen LogP contribution in [0, 0.1) is 11.7 Å². The maximum Gasteiger partial charge on any atom is 0.491 e. The van der Waals surface area contributed by atoms with E-state index >= 15 is 0 Å². The van der Waals surface area contributed by atoms with Gasteiger partial charge in [-0.05, 0) is 24.1 Å². The molecule has 7 heteroatoms. The summed E-state index contributed by atoms with van der Waals surface area (Å²) in [6.07, 6.45) is 0.0763. The average molecular weight is 260 g/mol. The molecule has 0 saturated heterocycles. The van der Waals surface area contributed by atoms with E-state index in [9.17, 15) is 9.18 Å². The van der Waals surface area contributed by atoms with E-state index < -0.39 is 24.8 Å². The minimum atomic E-state index is -1.95. The van der Waals surface area contributed by atoms with Gasteiger partial charge in [-0.3, -0.25) is 4.79 Å². The monoisotopic (exact) mass is 260 g/mol. The Bertz CT molecular complexity index is 439. The predicted octanol–water partition coefficient (Wildman–Crippen LogP) is 0.422. The minimum absolute atomic E-state index is 0.0763. The van der Waals surface area contributed by atoms with Gasteiger partial charge in [-0.2, -0.15) is 0 Å². The van der Waals surface area contributed by atoms with Gasteiger partial charge in [0.2, 0.25) is 0 Å². The van der Waals surface area contributed by atoms with E-state index in [0.29, 0.717) is 5.56 Å². The Labute approximate surface area is 103 Å². The molecule has 3 N–H and O–H groups in total. The summed E-state index contributed by atoms with van der Waals surface area (Å²) < 4.78 is 13.4. The second-order valence-electron chi connectivity index (χ2n) is 3.78. The first-order valence-electron chi connectivity index (χ1n) is 4.89. The third kappa shape index (κ3) is 3.42. The van der Waals surface area contributed by atoms with Crippen LogP contribution in [0.2, 0.25) is 5.02 Å². The third-order valence-electron chi connectivity index (χ3n) is 2.39. The van der Waals surface area contributed by atoms with E-state index in [-0.39, 0.29) is 16.9 Å². The third-order valence-corrected chi connectivity index (χ3v) is 2.74. The molecule has 0 radical (unpaired) electrons. The molecule has 17 heavy (non-hydrogen) atoms. The Morgan fingerprint density at radius 2 is 2.12 bits per heavy atom. The average Bonchev–Trinajstić information content (AvgIpc) is 2.22. The molecule has 0 aromatic heterocycles. The van der Waals surface area contributed by atoms with Gasteiger partial charge in [0.15, 0.2) is 0 Å². The van der Waals surface area contributed by atoms with Crippen molar-refractivity contribution in [1.29, 1.82) is 0 Å². The van der Waals surface area contributed by atoms with Gasteiger partial charge in [-0.25, -0.2) is 4.39 Å². The molecule has 4 nitrogen and oxygen atoms in total. The van der Waals surface area contributed by atoms with Gasteiger partial charge in [0.25, 0.3) is 0 Å².